The smallest absolute Gasteiger partial charge is 0.0252 e. The molecular formula is C17H32N2. The molecule has 0 amide bonds. The third-order valence-corrected chi connectivity index (χ3v) is 5.06. The lowest BCUT2D eigenvalue weighted by molar-refractivity contribution is 0.0715. The minimum absolute atomic E-state index is 0.671. The number of piperazine rings is 1. The Morgan fingerprint density at radius 1 is 1.21 bits per heavy atom. The number of nitrogens with one attached hydrogen (secondary N) is 1. The van der Waals surface area contributed by atoms with E-state index >= 15 is 0 Å². The quantitative estimate of drug-likeness (QED) is 0.783. The van der Waals surface area contributed by atoms with Gasteiger partial charge >= 0.3 is 0 Å². The largest absolute Gasteiger partial charge is 0.311 e. The molecule has 2 rings (SSSR count). The second-order valence-corrected chi connectivity index (χ2v) is 6.75. The van der Waals surface area contributed by atoms with Crippen molar-refractivity contribution >= 4 is 0 Å². The summed E-state index contributed by atoms with van der Waals surface area (Å²) in [6, 6.07) is 1.44. The van der Waals surface area contributed by atoms with Crippen LogP contribution in [0.15, 0.2) is 12.2 Å². The molecule has 2 unspecified atom stereocenters. The Kier molecular flexibility index (Phi) is 5.90. The lowest BCUT2D eigenvalue weighted by Gasteiger charge is -2.45. The second-order valence-electron chi connectivity index (χ2n) is 6.75. The highest BCUT2D eigenvalue weighted by molar-refractivity contribution is 4.95. The molecule has 0 aromatic carbocycles. The summed E-state index contributed by atoms with van der Waals surface area (Å²) in [4.78, 5) is 2.75. The molecule has 2 fully saturated rings. The van der Waals surface area contributed by atoms with Crippen LogP contribution in [0.4, 0.5) is 0 Å². The Hall–Kier alpha value is -0.340. The van der Waals surface area contributed by atoms with E-state index in [2.05, 4.69) is 43.1 Å². The maximum Gasteiger partial charge on any atom is 0.0252 e. The van der Waals surface area contributed by atoms with Crippen molar-refractivity contribution in [2.45, 2.75) is 65.0 Å². The predicted octanol–water partition coefficient (Wildman–Crippen LogP) is 3.44. The van der Waals surface area contributed by atoms with Crippen LogP contribution in [0.3, 0.4) is 0 Å². The first kappa shape index (κ1) is 15.1. The molecule has 1 aliphatic heterocycles. The fraction of sp³-hybridized carbons (Fsp3) is 0.882. The van der Waals surface area contributed by atoms with Crippen LogP contribution >= 0.6 is 0 Å². The topological polar surface area (TPSA) is 15.3 Å². The van der Waals surface area contributed by atoms with E-state index in [9.17, 15) is 0 Å². The first-order valence-corrected chi connectivity index (χ1v) is 8.31. The molecular weight excluding hydrogens is 232 g/mol. The average molecular weight is 264 g/mol. The third kappa shape index (κ3) is 4.06. The van der Waals surface area contributed by atoms with Gasteiger partial charge in [-0.25, -0.2) is 0 Å². The summed E-state index contributed by atoms with van der Waals surface area (Å²) in [6.45, 7) is 10.4. The van der Waals surface area contributed by atoms with Crippen LogP contribution in [-0.4, -0.2) is 36.6 Å². The maximum absolute atomic E-state index is 3.81. The number of nitrogens with zero attached hydrogens (tertiary/aromatic N) is 1. The van der Waals surface area contributed by atoms with Crippen LogP contribution in [0.5, 0.6) is 0 Å². The maximum atomic E-state index is 3.81. The van der Waals surface area contributed by atoms with Gasteiger partial charge < -0.3 is 5.32 Å². The molecule has 0 radical (unpaired) electrons. The van der Waals surface area contributed by atoms with E-state index in [0.717, 1.165) is 24.4 Å². The van der Waals surface area contributed by atoms with E-state index in [4.69, 9.17) is 0 Å². The van der Waals surface area contributed by atoms with Crippen molar-refractivity contribution in [3.63, 3.8) is 0 Å². The van der Waals surface area contributed by atoms with Crippen LogP contribution in [0.2, 0.25) is 0 Å². The van der Waals surface area contributed by atoms with Crippen LogP contribution in [0, 0.1) is 11.8 Å². The SMILES string of the molecule is C/C=C/CN1CC(C(C)C)NCC1C1CCCCC1. The van der Waals surface area contributed by atoms with Crippen molar-refractivity contribution in [2.24, 2.45) is 11.8 Å². The molecule has 1 heterocycles. The van der Waals surface area contributed by atoms with Crippen molar-refractivity contribution in [1.29, 1.82) is 0 Å². The van der Waals surface area contributed by atoms with Crippen LogP contribution in [-0.2, 0) is 0 Å². The van der Waals surface area contributed by atoms with Gasteiger partial charge in [0.15, 0.2) is 0 Å². The van der Waals surface area contributed by atoms with E-state index in [1.165, 1.54) is 45.2 Å². The van der Waals surface area contributed by atoms with Gasteiger partial charge in [-0.05, 0) is 31.6 Å². The van der Waals surface area contributed by atoms with Gasteiger partial charge in [0.2, 0.25) is 0 Å². The Morgan fingerprint density at radius 2 is 1.95 bits per heavy atom. The highest BCUT2D eigenvalue weighted by Gasteiger charge is 2.34. The van der Waals surface area contributed by atoms with Crippen LogP contribution in [0.25, 0.3) is 0 Å². The van der Waals surface area contributed by atoms with Gasteiger partial charge in [-0.3, -0.25) is 4.90 Å². The molecule has 110 valence electrons. The van der Waals surface area contributed by atoms with Gasteiger partial charge in [0.25, 0.3) is 0 Å². The fourth-order valence-corrected chi connectivity index (χ4v) is 3.73. The van der Waals surface area contributed by atoms with Crippen molar-refractivity contribution in [3.05, 3.63) is 12.2 Å². The summed E-state index contributed by atoms with van der Waals surface area (Å²) >= 11 is 0. The van der Waals surface area contributed by atoms with Gasteiger partial charge in [0.1, 0.15) is 0 Å². The number of hydrogen-bond acceptors (Lipinski definition) is 2. The number of rotatable bonds is 4. The molecule has 2 nitrogen and oxygen atoms in total. The van der Waals surface area contributed by atoms with Crippen molar-refractivity contribution in [2.75, 3.05) is 19.6 Å². The monoisotopic (exact) mass is 264 g/mol. The fourth-order valence-electron chi connectivity index (χ4n) is 3.73. The van der Waals surface area contributed by atoms with Crippen molar-refractivity contribution in [3.8, 4) is 0 Å². The van der Waals surface area contributed by atoms with E-state index in [1.54, 1.807) is 0 Å². The summed E-state index contributed by atoms with van der Waals surface area (Å²) in [7, 11) is 0. The first-order valence-electron chi connectivity index (χ1n) is 8.31. The Bertz CT molecular complexity index is 279. The summed E-state index contributed by atoms with van der Waals surface area (Å²) < 4.78 is 0. The van der Waals surface area contributed by atoms with E-state index < -0.39 is 0 Å². The Morgan fingerprint density at radius 3 is 2.58 bits per heavy atom. The van der Waals surface area contributed by atoms with E-state index in [-0.39, 0.29) is 0 Å². The summed E-state index contributed by atoms with van der Waals surface area (Å²) in [5, 5.41) is 3.81. The Labute approximate surface area is 119 Å². The molecule has 1 saturated carbocycles. The molecule has 2 atom stereocenters. The van der Waals surface area contributed by atoms with E-state index in [0.29, 0.717) is 6.04 Å². The average Bonchev–Trinajstić information content (AvgIpc) is 2.45. The van der Waals surface area contributed by atoms with Gasteiger partial charge in [0, 0.05) is 31.7 Å². The zero-order chi connectivity index (χ0) is 13.7. The van der Waals surface area contributed by atoms with Gasteiger partial charge in [-0.2, -0.15) is 0 Å². The van der Waals surface area contributed by atoms with Crippen molar-refractivity contribution in [1.82, 2.24) is 10.2 Å². The normalized spacial score (nSPS) is 31.4. The third-order valence-electron chi connectivity index (χ3n) is 5.06. The lowest BCUT2D eigenvalue weighted by atomic mass is 9.81. The molecule has 1 saturated heterocycles. The number of hydrogen-bond donors (Lipinski definition) is 1. The molecule has 0 bridgehead atoms. The molecule has 2 aliphatic rings. The zero-order valence-corrected chi connectivity index (χ0v) is 13.1. The molecule has 0 aromatic rings. The first-order chi connectivity index (χ1) is 9.22. The minimum Gasteiger partial charge on any atom is -0.311 e. The van der Waals surface area contributed by atoms with Crippen molar-refractivity contribution < 1.29 is 0 Å². The standard InChI is InChI=1S/C17H32N2/c1-4-5-11-19-13-16(14(2)3)18-12-17(19)15-9-7-6-8-10-15/h4-5,14-18H,6-13H2,1-3H3/b5-4+. The highest BCUT2D eigenvalue weighted by Crippen LogP contribution is 2.30. The molecule has 0 aromatic heterocycles. The predicted molar refractivity (Wildman–Crippen MR) is 83.4 cm³/mol. The second kappa shape index (κ2) is 7.44. The molecule has 0 spiro atoms. The minimum atomic E-state index is 0.671. The Balaban J connectivity index is 1.98. The van der Waals surface area contributed by atoms with Crippen LogP contribution in [0.1, 0.15) is 52.9 Å². The lowest BCUT2D eigenvalue weighted by Crippen LogP contribution is -2.60. The van der Waals surface area contributed by atoms with E-state index in [1.807, 2.05) is 0 Å². The molecule has 19 heavy (non-hydrogen) atoms. The van der Waals surface area contributed by atoms with Gasteiger partial charge in [-0.15, -0.1) is 0 Å². The zero-order valence-electron chi connectivity index (χ0n) is 13.1. The van der Waals surface area contributed by atoms with Gasteiger partial charge in [-0.1, -0.05) is 45.3 Å². The van der Waals surface area contributed by atoms with Crippen LogP contribution < -0.4 is 5.32 Å². The summed E-state index contributed by atoms with van der Waals surface area (Å²) in [6.07, 6.45) is 11.8. The molecule has 1 N–H and O–H groups in total. The molecule has 2 heteroatoms. The number of allylic oxidation sites excluding steroid dienone is 1. The summed E-state index contributed by atoms with van der Waals surface area (Å²) in [5.74, 6) is 1.67. The van der Waals surface area contributed by atoms with Gasteiger partial charge in [0.05, 0.1) is 0 Å². The highest BCUT2D eigenvalue weighted by atomic mass is 15.2. The summed E-state index contributed by atoms with van der Waals surface area (Å²) in [5.41, 5.74) is 0. The molecule has 1 aliphatic carbocycles.